The van der Waals surface area contributed by atoms with Crippen LogP contribution in [0.2, 0.25) is 0 Å². The molecule has 4 atom stereocenters. The van der Waals surface area contributed by atoms with Gasteiger partial charge in [0.15, 0.2) is 0 Å². The fourth-order valence-corrected chi connectivity index (χ4v) is 3.28. The Hall–Kier alpha value is 0. The second-order valence-corrected chi connectivity index (χ2v) is 5.30. The first kappa shape index (κ1) is 12.1. The molecule has 0 aromatic carbocycles. The third-order valence-corrected chi connectivity index (χ3v) is 4.24. The average molecular weight is 196 g/mol. The van der Waals surface area contributed by atoms with Crippen LogP contribution in [0.3, 0.4) is 0 Å². The molecule has 0 heterocycles. The van der Waals surface area contributed by atoms with Gasteiger partial charge in [-0.05, 0) is 48.9 Å². The summed E-state index contributed by atoms with van der Waals surface area (Å²) in [4.78, 5) is 0. The van der Waals surface area contributed by atoms with Gasteiger partial charge in [0.05, 0.1) is 0 Å². The fraction of sp³-hybridized carbons (Fsp3) is 1.00. The van der Waals surface area contributed by atoms with Gasteiger partial charge in [-0.15, -0.1) is 0 Å². The van der Waals surface area contributed by atoms with Crippen LogP contribution in [0, 0.1) is 29.6 Å². The van der Waals surface area contributed by atoms with Crippen molar-refractivity contribution in [1.82, 2.24) is 0 Å². The van der Waals surface area contributed by atoms with Crippen molar-refractivity contribution in [3.8, 4) is 0 Å². The maximum absolute atomic E-state index is 2.41. The Balaban J connectivity index is 0.000000461. The SMILES string of the molecule is CC.CCC1CC2CC2CC1C(C)C. The molecule has 0 nitrogen and oxygen atoms in total. The summed E-state index contributed by atoms with van der Waals surface area (Å²) in [6.45, 7) is 11.2. The Kier molecular flexibility index (Phi) is 4.47. The minimum Gasteiger partial charge on any atom is -0.0683 e. The van der Waals surface area contributed by atoms with Crippen LogP contribution in [-0.2, 0) is 0 Å². The Labute approximate surface area is 90.5 Å². The quantitative estimate of drug-likeness (QED) is 0.598. The largest absolute Gasteiger partial charge is 0.0683 e. The first-order chi connectivity index (χ1) is 6.72. The molecule has 0 heteroatoms. The summed E-state index contributed by atoms with van der Waals surface area (Å²) in [5.74, 6) is 5.36. The second-order valence-electron chi connectivity index (χ2n) is 5.30. The van der Waals surface area contributed by atoms with Crippen molar-refractivity contribution in [2.75, 3.05) is 0 Å². The van der Waals surface area contributed by atoms with Crippen molar-refractivity contribution in [2.24, 2.45) is 29.6 Å². The molecule has 2 saturated carbocycles. The molecule has 2 aliphatic carbocycles. The Morgan fingerprint density at radius 3 is 2.07 bits per heavy atom. The van der Waals surface area contributed by atoms with Crippen LogP contribution in [0.15, 0.2) is 0 Å². The summed E-state index contributed by atoms with van der Waals surface area (Å²) in [5.41, 5.74) is 0. The maximum Gasteiger partial charge on any atom is -0.0360 e. The highest BCUT2D eigenvalue weighted by Gasteiger charge is 2.46. The van der Waals surface area contributed by atoms with E-state index in [-0.39, 0.29) is 0 Å². The summed E-state index contributed by atoms with van der Waals surface area (Å²) in [7, 11) is 0. The molecule has 14 heavy (non-hydrogen) atoms. The molecule has 0 saturated heterocycles. The lowest BCUT2D eigenvalue weighted by atomic mass is 9.72. The van der Waals surface area contributed by atoms with E-state index in [0.29, 0.717) is 0 Å². The minimum absolute atomic E-state index is 0.927. The molecule has 0 bridgehead atoms. The van der Waals surface area contributed by atoms with Crippen LogP contribution in [-0.4, -0.2) is 0 Å². The molecule has 0 N–H and O–H groups in total. The number of fused-ring (bicyclic) bond motifs is 1. The van der Waals surface area contributed by atoms with Crippen molar-refractivity contribution >= 4 is 0 Å². The van der Waals surface area contributed by atoms with E-state index < -0.39 is 0 Å². The molecular weight excluding hydrogens is 168 g/mol. The van der Waals surface area contributed by atoms with E-state index in [1.165, 1.54) is 6.42 Å². The van der Waals surface area contributed by atoms with E-state index >= 15 is 0 Å². The van der Waals surface area contributed by atoms with Crippen LogP contribution in [0.5, 0.6) is 0 Å². The van der Waals surface area contributed by atoms with Gasteiger partial charge in [-0.2, -0.15) is 0 Å². The summed E-state index contributed by atoms with van der Waals surface area (Å²) < 4.78 is 0. The van der Waals surface area contributed by atoms with Gasteiger partial charge in [-0.25, -0.2) is 0 Å². The normalized spacial score (nSPS) is 39.9. The van der Waals surface area contributed by atoms with Gasteiger partial charge >= 0.3 is 0 Å². The number of rotatable bonds is 2. The van der Waals surface area contributed by atoms with Crippen molar-refractivity contribution in [3.63, 3.8) is 0 Å². The number of hydrogen-bond donors (Lipinski definition) is 0. The molecular formula is C14H28. The summed E-state index contributed by atoms with van der Waals surface area (Å²) in [6.07, 6.45) is 6.11. The smallest absolute Gasteiger partial charge is 0.0360 e. The highest BCUT2D eigenvalue weighted by Crippen LogP contribution is 2.55. The molecule has 2 rings (SSSR count). The highest BCUT2D eigenvalue weighted by molar-refractivity contribution is 4.96. The summed E-state index contributed by atoms with van der Waals surface area (Å²) in [6, 6.07) is 0. The third kappa shape index (κ3) is 2.52. The molecule has 2 fully saturated rings. The zero-order chi connectivity index (χ0) is 10.7. The van der Waals surface area contributed by atoms with E-state index in [2.05, 4.69) is 20.8 Å². The molecule has 0 aromatic heterocycles. The Morgan fingerprint density at radius 1 is 1.00 bits per heavy atom. The van der Waals surface area contributed by atoms with Gasteiger partial charge in [0, 0.05) is 0 Å². The lowest BCUT2D eigenvalue weighted by Crippen LogP contribution is -2.24. The topological polar surface area (TPSA) is 0 Å². The van der Waals surface area contributed by atoms with E-state index in [9.17, 15) is 0 Å². The first-order valence-corrected chi connectivity index (χ1v) is 6.72. The molecule has 4 unspecified atom stereocenters. The minimum atomic E-state index is 0.927. The highest BCUT2D eigenvalue weighted by atomic mass is 14.5. The third-order valence-electron chi connectivity index (χ3n) is 4.24. The van der Waals surface area contributed by atoms with E-state index in [4.69, 9.17) is 0 Å². The van der Waals surface area contributed by atoms with Gasteiger partial charge < -0.3 is 0 Å². The average Bonchev–Trinajstić information content (AvgIpc) is 2.96. The molecule has 0 aromatic rings. The standard InChI is InChI=1S/C12H22.C2H6/c1-4-9-5-10-6-11(10)7-12(9)8(2)3;1-2/h8-12H,4-7H2,1-3H3;1-2H3. The van der Waals surface area contributed by atoms with E-state index in [0.717, 1.165) is 29.6 Å². The van der Waals surface area contributed by atoms with Crippen molar-refractivity contribution in [1.29, 1.82) is 0 Å². The number of hydrogen-bond acceptors (Lipinski definition) is 0. The Morgan fingerprint density at radius 2 is 1.57 bits per heavy atom. The Bertz CT molecular complexity index is 159. The molecule has 0 aliphatic heterocycles. The zero-order valence-electron chi connectivity index (χ0n) is 10.7. The second kappa shape index (κ2) is 5.19. The van der Waals surface area contributed by atoms with Gasteiger partial charge in [-0.1, -0.05) is 41.0 Å². The zero-order valence-corrected chi connectivity index (χ0v) is 10.7. The van der Waals surface area contributed by atoms with Gasteiger partial charge in [-0.3, -0.25) is 0 Å². The van der Waals surface area contributed by atoms with Crippen LogP contribution in [0.1, 0.15) is 60.3 Å². The predicted octanol–water partition coefficient (Wildman–Crippen LogP) is 4.74. The van der Waals surface area contributed by atoms with Crippen LogP contribution in [0.25, 0.3) is 0 Å². The summed E-state index contributed by atoms with van der Waals surface area (Å²) >= 11 is 0. The van der Waals surface area contributed by atoms with Crippen molar-refractivity contribution in [2.45, 2.75) is 60.3 Å². The van der Waals surface area contributed by atoms with E-state index in [1.807, 2.05) is 13.8 Å². The van der Waals surface area contributed by atoms with E-state index in [1.54, 1.807) is 19.3 Å². The molecule has 0 amide bonds. The first-order valence-electron chi connectivity index (χ1n) is 6.72. The lowest BCUT2D eigenvalue weighted by Gasteiger charge is -2.33. The fourth-order valence-electron chi connectivity index (χ4n) is 3.28. The maximum atomic E-state index is 2.41. The monoisotopic (exact) mass is 196 g/mol. The van der Waals surface area contributed by atoms with Gasteiger partial charge in [0.2, 0.25) is 0 Å². The lowest BCUT2D eigenvalue weighted by molar-refractivity contribution is 0.168. The summed E-state index contributed by atoms with van der Waals surface area (Å²) in [5, 5.41) is 0. The van der Waals surface area contributed by atoms with Gasteiger partial charge in [0.25, 0.3) is 0 Å². The molecule has 0 radical (unpaired) electrons. The molecule has 2 aliphatic rings. The molecule has 0 spiro atoms. The van der Waals surface area contributed by atoms with Crippen LogP contribution in [0.4, 0.5) is 0 Å². The molecule has 84 valence electrons. The van der Waals surface area contributed by atoms with Crippen molar-refractivity contribution in [3.05, 3.63) is 0 Å². The van der Waals surface area contributed by atoms with Gasteiger partial charge in [0.1, 0.15) is 0 Å². The van der Waals surface area contributed by atoms with Crippen LogP contribution < -0.4 is 0 Å². The van der Waals surface area contributed by atoms with Crippen LogP contribution >= 0.6 is 0 Å². The predicted molar refractivity (Wildman–Crippen MR) is 64.3 cm³/mol. The van der Waals surface area contributed by atoms with Crippen molar-refractivity contribution < 1.29 is 0 Å².